The molecule has 1 heterocycles. The molecule has 0 amide bonds. The van der Waals surface area contributed by atoms with Crippen LogP contribution < -0.4 is 0 Å². The Bertz CT molecular complexity index is 313. The van der Waals surface area contributed by atoms with Crippen LogP contribution in [0.15, 0.2) is 12.8 Å². The van der Waals surface area contributed by atoms with E-state index in [4.69, 9.17) is 5.11 Å². The summed E-state index contributed by atoms with van der Waals surface area (Å²) in [5.74, 6) is 0.0940. The van der Waals surface area contributed by atoms with Gasteiger partial charge in [0.2, 0.25) is 0 Å². The van der Waals surface area contributed by atoms with Crippen molar-refractivity contribution >= 4 is 18.5 Å². The Hall–Kier alpha value is -1.06. The third-order valence-corrected chi connectivity index (χ3v) is 1.80. The number of rotatable bonds is 2. The maximum Gasteiger partial charge on any atom is 0.144 e. The lowest BCUT2D eigenvalue weighted by atomic mass is 10.1. The van der Waals surface area contributed by atoms with Gasteiger partial charge in [0.05, 0.1) is 6.61 Å². The number of aromatic hydroxyl groups is 1. The van der Waals surface area contributed by atoms with E-state index in [0.717, 1.165) is 0 Å². The zero-order valence-electron chi connectivity index (χ0n) is 7.32. The zero-order chi connectivity index (χ0) is 9.14. The largest absolute Gasteiger partial charge is 0.505 e. The Kier molecular flexibility index (Phi) is 4.45. The predicted molar refractivity (Wildman–Crippen MR) is 53.9 cm³/mol. The Morgan fingerprint density at radius 2 is 2.23 bits per heavy atom. The van der Waals surface area contributed by atoms with E-state index in [-0.39, 0.29) is 24.8 Å². The van der Waals surface area contributed by atoms with Crippen LogP contribution in [0.5, 0.6) is 5.75 Å². The molecule has 0 aliphatic rings. The number of aliphatic hydroxyl groups excluding tert-OH is 1. The molecule has 0 fully saturated rings. The number of halogens is 1. The molecule has 2 N–H and O–H groups in total. The second-order valence-corrected chi connectivity index (χ2v) is 2.50. The van der Waals surface area contributed by atoms with E-state index in [2.05, 4.69) is 11.6 Å². The monoisotopic (exact) mass is 201 g/mol. The van der Waals surface area contributed by atoms with Gasteiger partial charge in [-0.05, 0) is 13.0 Å². The van der Waals surface area contributed by atoms with E-state index in [0.29, 0.717) is 16.8 Å². The first kappa shape index (κ1) is 11.9. The number of hydrogen-bond acceptors (Lipinski definition) is 3. The fourth-order valence-corrected chi connectivity index (χ4v) is 0.958. The molecule has 3 nitrogen and oxygen atoms in total. The van der Waals surface area contributed by atoms with Gasteiger partial charge in [0.15, 0.2) is 0 Å². The molecule has 0 bridgehead atoms. The normalized spacial score (nSPS) is 9.08. The van der Waals surface area contributed by atoms with Gasteiger partial charge in [-0.2, -0.15) is 0 Å². The fourth-order valence-electron chi connectivity index (χ4n) is 0.958. The van der Waals surface area contributed by atoms with E-state index in [1.165, 1.54) is 12.3 Å². The first-order valence-corrected chi connectivity index (χ1v) is 3.61. The molecule has 0 saturated carbocycles. The van der Waals surface area contributed by atoms with Crippen molar-refractivity contribution in [3.8, 4) is 5.75 Å². The highest BCUT2D eigenvalue weighted by Crippen LogP contribution is 2.23. The highest BCUT2D eigenvalue weighted by Gasteiger charge is 2.06. The first-order chi connectivity index (χ1) is 5.70. The van der Waals surface area contributed by atoms with Gasteiger partial charge in [-0.15, -0.1) is 12.4 Å². The number of pyridine rings is 1. The lowest BCUT2D eigenvalue weighted by Crippen LogP contribution is -1.93. The van der Waals surface area contributed by atoms with E-state index >= 15 is 0 Å². The van der Waals surface area contributed by atoms with Crippen LogP contribution in [0.2, 0.25) is 0 Å². The van der Waals surface area contributed by atoms with E-state index < -0.39 is 0 Å². The molecule has 0 radical (unpaired) electrons. The summed E-state index contributed by atoms with van der Waals surface area (Å²) >= 11 is 0. The van der Waals surface area contributed by atoms with Gasteiger partial charge in [0.25, 0.3) is 0 Å². The molecule has 1 rings (SSSR count). The average molecular weight is 202 g/mol. The van der Waals surface area contributed by atoms with Gasteiger partial charge in [0, 0.05) is 17.3 Å². The lowest BCUT2D eigenvalue weighted by Gasteiger charge is -2.05. The Morgan fingerprint density at radius 3 is 2.69 bits per heavy atom. The van der Waals surface area contributed by atoms with Crippen molar-refractivity contribution in [1.29, 1.82) is 0 Å². The number of aliphatic hydroxyl groups is 1. The van der Waals surface area contributed by atoms with Crippen molar-refractivity contribution in [2.24, 2.45) is 0 Å². The smallest absolute Gasteiger partial charge is 0.144 e. The van der Waals surface area contributed by atoms with Crippen LogP contribution in [-0.4, -0.2) is 15.2 Å². The molecule has 1 aromatic rings. The van der Waals surface area contributed by atoms with Crippen molar-refractivity contribution in [2.45, 2.75) is 13.5 Å². The first-order valence-electron chi connectivity index (χ1n) is 3.61. The van der Waals surface area contributed by atoms with Crippen molar-refractivity contribution in [3.05, 3.63) is 29.6 Å². The van der Waals surface area contributed by atoms with E-state index in [1.807, 2.05) is 0 Å². The summed E-state index contributed by atoms with van der Waals surface area (Å²) in [4.78, 5) is 3.90. The molecular weight excluding hydrogens is 190 g/mol. The molecule has 0 saturated heterocycles. The molecule has 0 aliphatic heterocycles. The highest BCUT2D eigenvalue weighted by molar-refractivity contribution is 5.85. The third-order valence-electron chi connectivity index (χ3n) is 1.80. The number of hydrogen-bond donors (Lipinski definition) is 2. The predicted octanol–water partition coefficient (Wildman–Crippen LogP) is 1.65. The van der Waals surface area contributed by atoms with Crippen LogP contribution in [-0.2, 0) is 6.61 Å². The minimum atomic E-state index is -0.107. The number of aromatic nitrogens is 1. The van der Waals surface area contributed by atoms with Gasteiger partial charge in [-0.3, -0.25) is 4.98 Å². The van der Waals surface area contributed by atoms with Gasteiger partial charge < -0.3 is 10.2 Å². The van der Waals surface area contributed by atoms with Crippen molar-refractivity contribution < 1.29 is 10.2 Å². The molecule has 1 aromatic heterocycles. The molecule has 0 spiro atoms. The Balaban J connectivity index is 0.00000144. The summed E-state index contributed by atoms with van der Waals surface area (Å²) in [6.45, 7) is 5.13. The molecule has 0 unspecified atom stereocenters. The molecule has 13 heavy (non-hydrogen) atoms. The molecule has 4 heteroatoms. The summed E-state index contributed by atoms with van der Waals surface area (Å²) in [6.07, 6.45) is 3.01. The van der Waals surface area contributed by atoms with Crippen LogP contribution in [0.4, 0.5) is 0 Å². The lowest BCUT2D eigenvalue weighted by molar-refractivity contribution is 0.279. The maximum absolute atomic E-state index is 9.46. The van der Waals surface area contributed by atoms with Crippen LogP contribution in [0, 0.1) is 6.92 Å². The van der Waals surface area contributed by atoms with E-state index in [9.17, 15) is 5.11 Å². The Morgan fingerprint density at radius 1 is 1.62 bits per heavy atom. The Labute approximate surface area is 83.2 Å². The topological polar surface area (TPSA) is 53.4 Å². The van der Waals surface area contributed by atoms with Crippen LogP contribution in [0.25, 0.3) is 6.08 Å². The van der Waals surface area contributed by atoms with Crippen LogP contribution in [0.1, 0.15) is 16.8 Å². The maximum atomic E-state index is 9.46. The minimum Gasteiger partial charge on any atom is -0.505 e. The van der Waals surface area contributed by atoms with Crippen molar-refractivity contribution in [2.75, 3.05) is 0 Å². The van der Waals surface area contributed by atoms with Gasteiger partial charge in [-0.25, -0.2) is 0 Å². The molecule has 0 aliphatic carbocycles. The summed E-state index contributed by atoms with van der Waals surface area (Å²) < 4.78 is 0. The molecule has 0 atom stereocenters. The number of nitrogens with zero attached hydrogens (tertiary/aromatic N) is 1. The van der Waals surface area contributed by atoms with E-state index in [1.54, 1.807) is 6.92 Å². The summed E-state index contributed by atoms with van der Waals surface area (Å²) in [5.41, 5.74) is 1.74. The summed E-state index contributed by atoms with van der Waals surface area (Å²) in [5, 5.41) is 18.3. The van der Waals surface area contributed by atoms with Gasteiger partial charge >= 0.3 is 0 Å². The summed E-state index contributed by atoms with van der Waals surface area (Å²) in [7, 11) is 0. The SMILES string of the molecule is C=Cc1ncc(CO)c(C)c1O.Cl. The van der Waals surface area contributed by atoms with Crippen molar-refractivity contribution in [3.63, 3.8) is 0 Å². The summed E-state index contributed by atoms with van der Waals surface area (Å²) in [6, 6.07) is 0. The zero-order valence-corrected chi connectivity index (χ0v) is 8.14. The molecular formula is C9H12ClNO2. The second-order valence-electron chi connectivity index (χ2n) is 2.50. The second kappa shape index (κ2) is 4.84. The fraction of sp³-hybridized carbons (Fsp3) is 0.222. The third kappa shape index (κ3) is 2.20. The minimum absolute atomic E-state index is 0. The highest BCUT2D eigenvalue weighted by atomic mass is 35.5. The molecule has 72 valence electrons. The van der Waals surface area contributed by atoms with Crippen LogP contribution >= 0.6 is 12.4 Å². The average Bonchev–Trinajstić information content (AvgIpc) is 2.10. The van der Waals surface area contributed by atoms with Gasteiger partial charge in [-0.1, -0.05) is 6.58 Å². The van der Waals surface area contributed by atoms with Crippen LogP contribution in [0.3, 0.4) is 0 Å². The molecule has 0 aromatic carbocycles. The standard InChI is InChI=1S/C9H11NO2.ClH/c1-3-8-9(12)6(2)7(5-11)4-10-8;/h3-4,11-12H,1,5H2,2H3;1H. The van der Waals surface area contributed by atoms with Crippen molar-refractivity contribution in [1.82, 2.24) is 4.98 Å². The van der Waals surface area contributed by atoms with Gasteiger partial charge in [0.1, 0.15) is 11.4 Å². The quantitative estimate of drug-likeness (QED) is 0.765.